The molecule has 106 valence electrons. The number of aryl methyl sites for hydroxylation is 1. The average Bonchev–Trinajstić information content (AvgIpc) is 3.11. The van der Waals surface area contributed by atoms with Crippen molar-refractivity contribution in [3.63, 3.8) is 0 Å². The van der Waals surface area contributed by atoms with Crippen molar-refractivity contribution >= 4 is 16.9 Å². The molecule has 0 bridgehead atoms. The monoisotopic (exact) mass is 271 g/mol. The van der Waals surface area contributed by atoms with Crippen LogP contribution >= 0.6 is 0 Å². The number of carbonyl (C=O) groups excluding carboxylic acids is 1. The third-order valence-electron chi connectivity index (χ3n) is 4.05. The second-order valence-corrected chi connectivity index (χ2v) is 5.58. The number of H-pyrrole nitrogens is 1. The lowest BCUT2D eigenvalue weighted by molar-refractivity contribution is -0.124. The maximum absolute atomic E-state index is 11.9. The van der Waals surface area contributed by atoms with Crippen molar-refractivity contribution in [3.8, 4) is 0 Å². The van der Waals surface area contributed by atoms with Gasteiger partial charge in [-0.2, -0.15) is 0 Å². The zero-order valence-electron chi connectivity index (χ0n) is 11.7. The summed E-state index contributed by atoms with van der Waals surface area (Å²) in [7, 11) is 0. The second-order valence-electron chi connectivity index (χ2n) is 5.58. The fourth-order valence-corrected chi connectivity index (χ4v) is 2.92. The van der Waals surface area contributed by atoms with Crippen LogP contribution in [0.25, 0.3) is 11.0 Å². The molecular weight excluding hydrogens is 250 g/mol. The van der Waals surface area contributed by atoms with Gasteiger partial charge in [0.2, 0.25) is 5.91 Å². The first kappa shape index (κ1) is 13.2. The number of rotatable bonds is 5. The number of aromatic nitrogens is 2. The van der Waals surface area contributed by atoms with E-state index < -0.39 is 0 Å². The van der Waals surface area contributed by atoms with Gasteiger partial charge in [0.1, 0.15) is 5.82 Å². The molecule has 0 unspecified atom stereocenters. The van der Waals surface area contributed by atoms with Crippen molar-refractivity contribution < 1.29 is 4.79 Å². The van der Waals surface area contributed by atoms with Gasteiger partial charge in [0.25, 0.3) is 0 Å². The first-order valence-electron chi connectivity index (χ1n) is 7.54. The van der Waals surface area contributed by atoms with Gasteiger partial charge in [0.15, 0.2) is 0 Å². The van der Waals surface area contributed by atoms with E-state index in [1.54, 1.807) is 0 Å². The average molecular weight is 271 g/mol. The smallest absolute Gasteiger partial charge is 0.223 e. The van der Waals surface area contributed by atoms with Crippen molar-refractivity contribution in [1.29, 1.82) is 0 Å². The van der Waals surface area contributed by atoms with Gasteiger partial charge in [0, 0.05) is 18.9 Å². The molecule has 0 saturated heterocycles. The molecule has 2 aromatic rings. The molecule has 0 aliphatic heterocycles. The second kappa shape index (κ2) is 6.07. The number of aromatic amines is 1. The van der Waals surface area contributed by atoms with Gasteiger partial charge in [-0.1, -0.05) is 25.0 Å². The molecule has 1 aliphatic rings. The minimum Gasteiger partial charge on any atom is -0.356 e. The number of para-hydroxylation sites is 2. The van der Waals surface area contributed by atoms with Crippen molar-refractivity contribution in [2.45, 2.75) is 38.5 Å². The molecule has 2 N–H and O–H groups in total. The van der Waals surface area contributed by atoms with Crippen LogP contribution in [-0.4, -0.2) is 22.4 Å². The molecular formula is C16H21N3O. The van der Waals surface area contributed by atoms with Gasteiger partial charge < -0.3 is 10.3 Å². The Morgan fingerprint density at radius 2 is 2.10 bits per heavy atom. The van der Waals surface area contributed by atoms with Crippen molar-refractivity contribution in [1.82, 2.24) is 15.3 Å². The van der Waals surface area contributed by atoms with Gasteiger partial charge in [0.05, 0.1) is 11.0 Å². The summed E-state index contributed by atoms with van der Waals surface area (Å²) in [6, 6.07) is 8.05. The molecule has 1 aromatic carbocycles. The van der Waals surface area contributed by atoms with Crippen molar-refractivity contribution in [2.24, 2.45) is 5.92 Å². The summed E-state index contributed by atoms with van der Waals surface area (Å²) in [6.45, 7) is 0.742. The first-order chi connectivity index (χ1) is 9.83. The highest BCUT2D eigenvalue weighted by Crippen LogP contribution is 2.24. The fraction of sp³-hybridized carbons (Fsp3) is 0.500. The third kappa shape index (κ3) is 3.00. The summed E-state index contributed by atoms with van der Waals surface area (Å²) in [6.07, 6.45) is 6.34. The van der Waals surface area contributed by atoms with E-state index in [0.29, 0.717) is 0 Å². The zero-order chi connectivity index (χ0) is 13.8. The van der Waals surface area contributed by atoms with Crippen molar-refractivity contribution in [2.75, 3.05) is 6.54 Å². The number of benzene rings is 1. The number of hydrogen-bond donors (Lipinski definition) is 2. The molecule has 1 heterocycles. The highest BCUT2D eigenvalue weighted by atomic mass is 16.1. The van der Waals surface area contributed by atoms with Crippen LogP contribution in [0.5, 0.6) is 0 Å². The van der Waals surface area contributed by atoms with Gasteiger partial charge in [-0.05, 0) is 31.4 Å². The standard InChI is InChI=1S/C16H21N3O/c20-16(12-6-1-2-7-12)17-11-5-10-15-18-13-8-3-4-9-14(13)19-15/h3-4,8-9,12H,1-2,5-7,10-11H2,(H,17,20)(H,18,19). The Kier molecular flexibility index (Phi) is 4.00. The fourth-order valence-electron chi connectivity index (χ4n) is 2.92. The SMILES string of the molecule is O=C(NCCCc1nc2ccccc2[nH]1)C1CCCC1. The van der Waals surface area contributed by atoms with Crippen LogP contribution in [0.4, 0.5) is 0 Å². The molecule has 0 spiro atoms. The number of nitrogens with one attached hydrogen (secondary N) is 2. The van der Waals surface area contributed by atoms with E-state index >= 15 is 0 Å². The molecule has 1 saturated carbocycles. The summed E-state index contributed by atoms with van der Waals surface area (Å²) in [5, 5.41) is 3.05. The number of nitrogens with zero attached hydrogens (tertiary/aromatic N) is 1. The topological polar surface area (TPSA) is 57.8 Å². The molecule has 4 nitrogen and oxygen atoms in total. The minimum atomic E-state index is 0.243. The Morgan fingerprint density at radius 1 is 1.30 bits per heavy atom. The Bertz CT molecular complexity index is 551. The van der Waals surface area contributed by atoms with Crippen molar-refractivity contribution in [3.05, 3.63) is 30.1 Å². The van der Waals surface area contributed by atoms with E-state index in [9.17, 15) is 4.79 Å². The van der Waals surface area contributed by atoms with E-state index in [-0.39, 0.29) is 11.8 Å². The van der Waals surface area contributed by atoms with Crippen LogP contribution in [0.15, 0.2) is 24.3 Å². The lowest BCUT2D eigenvalue weighted by Gasteiger charge is -2.09. The molecule has 1 fully saturated rings. The number of fused-ring (bicyclic) bond motifs is 1. The van der Waals surface area contributed by atoms with Gasteiger partial charge in [-0.15, -0.1) is 0 Å². The summed E-state index contributed by atoms with van der Waals surface area (Å²) in [5.74, 6) is 1.51. The third-order valence-corrected chi connectivity index (χ3v) is 4.05. The lowest BCUT2D eigenvalue weighted by Crippen LogP contribution is -2.30. The normalized spacial score (nSPS) is 15.8. The zero-order valence-corrected chi connectivity index (χ0v) is 11.7. The van der Waals surface area contributed by atoms with E-state index in [2.05, 4.69) is 15.3 Å². The van der Waals surface area contributed by atoms with Crippen LogP contribution in [0.1, 0.15) is 37.9 Å². The van der Waals surface area contributed by atoms with Crippen LogP contribution in [0.3, 0.4) is 0 Å². The molecule has 0 radical (unpaired) electrons. The highest BCUT2D eigenvalue weighted by molar-refractivity contribution is 5.78. The van der Waals surface area contributed by atoms with E-state index in [4.69, 9.17) is 0 Å². The molecule has 0 atom stereocenters. The Hall–Kier alpha value is -1.84. The molecule has 1 amide bonds. The predicted molar refractivity (Wildman–Crippen MR) is 79.4 cm³/mol. The highest BCUT2D eigenvalue weighted by Gasteiger charge is 2.21. The maximum atomic E-state index is 11.9. The van der Waals surface area contributed by atoms with E-state index in [1.807, 2.05) is 24.3 Å². The Labute approximate surface area is 119 Å². The number of imidazole rings is 1. The summed E-state index contributed by atoms with van der Waals surface area (Å²) >= 11 is 0. The molecule has 20 heavy (non-hydrogen) atoms. The Morgan fingerprint density at radius 3 is 2.90 bits per heavy atom. The van der Waals surface area contributed by atoms with Crippen LogP contribution in [0.2, 0.25) is 0 Å². The van der Waals surface area contributed by atoms with Crippen LogP contribution in [-0.2, 0) is 11.2 Å². The predicted octanol–water partition coefficient (Wildman–Crippen LogP) is 2.80. The number of hydrogen-bond acceptors (Lipinski definition) is 2. The molecule has 1 aromatic heterocycles. The first-order valence-corrected chi connectivity index (χ1v) is 7.54. The van der Waals surface area contributed by atoms with E-state index in [0.717, 1.165) is 49.1 Å². The van der Waals surface area contributed by atoms with Gasteiger partial charge in [-0.3, -0.25) is 4.79 Å². The van der Waals surface area contributed by atoms with Crippen LogP contribution in [0, 0.1) is 5.92 Å². The molecule has 1 aliphatic carbocycles. The molecule has 3 rings (SSSR count). The number of amides is 1. The lowest BCUT2D eigenvalue weighted by atomic mass is 10.1. The quantitative estimate of drug-likeness (QED) is 0.822. The largest absolute Gasteiger partial charge is 0.356 e. The number of carbonyl (C=O) groups is 1. The van der Waals surface area contributed by atoms with Gasteiger partial charge >= 0.3 is 0 Å². The van der Waals surface area contributed by atoms with E-state index in [1.165, 1.54) is 12.8 Å². The van der Waals surface area contributed by atoms with Crippen LogP contribution < -0.4 is 5.32 Å². The maximum Gasteiger partial charge on any atom is 0.223 e. The summed E-state index contributed by atoms with van der Waals surface area (Å²) in [4.78, 5) is 19.7. The molecule has 4 heteroatoms. The van der Waals surface area contributed by atoms with Gasteiger partial charge in [-0.25, -0.2) is 4.98 Å². The summed E-state index contributed by atoms with van der Waals surface area (Å²) < 4.78 is 0. The Balaban J connectivity index is 1.44. The summed E-state index contributed by atoms with van der Waals surface area (Å²) in [5.41, 5.74) is 2.09. The minimum absolute atomic E-state index is 0.243.